The predicted octanol–water partition coefficient (Wildman–Crippen LogP) is 1.80. The number of benzene rings is 1. The molecule has 1 heterocycles. The van der Waals surface area contributed by atoms with Gasteiger partial charge in [-0.25, -0.2) is 0 Å². The summed E-state index contributed by atoms with van der Waals surface area (Å²) in [6.45, 7) is 4.00. The van der Waals surface area contributed by atoms with Crippen LogP contribution >= 0.6 is 0 Å². The van der Waals surface area contributed by atoms with E-state index in [-0.39, 0.29) is 12.1 Å². The van der Waals surface area contributed by atoms with Gasteiger partial charge in [0, 0.05) is 31.8 Å². The molecule has 1 saturated heterocycles. The summed E-state index contributed by atoms with van der Waals surface area (Å²) in [7, 11) is 3.48. The molecular formula is C15H24N2O2. The summed E-state index contributed by atoms with van der Waals surface area (Å²) < 4.78 is 10.9. The SMILES string of the molecule is COc1ccccc1C(C(C)N)N1CCC(OC)C1. The highest BCUT2D eigenvalue weighted by atomic mass is 16.5. The van der Waals surface area contributed by atoms with E-state index in [9.17, 15) is 0 Å². The van der Waals surface area contributed by atoms with Crippen molar-refractivity contribution in [3.8, 4) is 5.75 Å². The Balaban J connectivity index is 2.25. The molecule has 2 N–H and O–H groups in total. The average Bonchev–Trinajstić information content (AvgIpc) is 2.87. The minimum atomic E-state index is 0.0481. The van der Waals surface area contributed by atoms with Crippen LogP contribution in [-0.2, 0) is 4.74 Å². The highest BCUT2D eigenvalue weighted by Gasteiger charge is 2.32. The largest absolute Gasteiger partial charge is 0.496 e. The number of nitrogens with two attached hydrogens (primary N) is 1. The summed E-state index contributed by atoms with van der Waals surface area (Å²) in [6.07, 6.45) is 1.38. The topological polar surface area (TPSA) is 47.7 Å². The van der Waals surface area contributed by atoms with E-state index in [0.29, 0.717) is 6.10 Å². The van der Waals surface area contributed by atoms with Gasteiger partial charge in [-0.3, -0.25) is 4.90 Å². The van der Waals surface area contributed by atoms with Gasteiger partial charge in [0.2, 0.25) is 0 Å². The molecule has 0 radical (unpaired) electrons. The second kappa shape index (κ2) is 6.37. The van der Waals surface area contributed by atoms with Crippen LogP contribution in [0.4, 0.5) is 0 Å². The first kappa shape index (κ1) is 14.3. The number of rotatable bonds is 5. The Morgan fingerprint density at radius 1 is 1.32 bits per heavy atom. The molecule has 3 atom stereocenters. The number of nitrogens with zero attached hydrogens (tertiary/aromatic N) is 1. The van der Waals surface area contributed by atoms with Gasteiger partial charge in [0.15, 0.2) is 0 Å². The minimum Gasteiger partial charge on any atom is -0.496 e. The Labute approximate surface area is 115 Å². The van der Waals surface area contributed by atoms with Crippen LogP contribution in [0.5, 0.6) is 5.75 Å². The van der Waals surface area contributed by atoms with Crippen LogP contribution in [0.25, 0.3) is 0 Å². The molecule has 1 fully saturated rings. The second-order valence-corrected chi connectivity index (χ2v) is 5.19. The van der Waals surface area contributed by atoms with E-state index in [4.69, 9.17) is 15.2 Å². The van der Waals surface area contributed by atoms with Crippen LogP contribution in [-0.4, -0.2) is 44.4 Å². The van der Waals surface area contributed by atoms with E-state index in [1.165, 1.54) is 0 Å². The van der Waals surface area contributed by atoms with Gasteiger partial charge >= 0.3 is 0 Å². The summed E-state index contributed by atoms with van der Waals surface area (Å²) in [5, 5.41) is 0. The van der Waals surface area contributed by atoms with Gasteiger partial charge in [0.05, 0.1) is 19.3 Å². The molecule has 1 aliphatic heterocycles. The molecule has 1 aromatic carbocycles. The second-order valence-electron chi connectivity index (χ2n) is 5.19. The van der Waals surface area contributed by atoms with Gasteiger partial charge in [0.1, 0.15) is 5.75 Å². The smallest absolute Gasteiger partial charge is 0.123 e. The Morgan fingerprint density at radius 3 is 2.63 bits per heavy atom. The minimum absolute atomic E-state index is 0.0481. The number of hydrogen-bond donors (Lipinski definition) is 1. The summed E-state index contributed by atoms with van der Waals surface area (Å²) >= 11 is 0. The van der Waals surface area contributed by atoms with Crippen LogP contribution in [0.15, 0.2) is 24.3 Å². The first-order valence-corrected chi connectivity index (χ1v) is 6.82. The normalized spacial score (nSPS) is 23.3. The molecule has 106 valence electrons. The summed E-state index contributed by atoms with van der Waals surface area (Å²) in [4.78, 5) is 2.40. The van der Waals surface area contributed by atoms with E-state index >= 15 is 0 Å². The molecule has 1 aliphatic rings. The lowest BCUT2D eigenvalue weighted by Gasteiger charge is -2.32. The third-order valence-corrected chi connectivity index (χ3v) is 3.86. The molecule has 4 heteroatoms. The maximum absolute atomic E-state index is 6.22. The van der Waals surface area contributed by atoms with Crippen LogP contribution in [0.2, 0.25) is 0 Å². The molecule has 0 spiro atoms. The van der Waals surface area contributed by atoms with Gasteiger partial charge < -0.3 is 15.2 Å². The zero-order valence-electron chi connectivity index (χ0n) is 12.0. The molecule has 19 heavy (non-hydrogen) atoms. The lowest BCUT2D eigenvalue weighted by atomic mass is 9.98. The van der Waals surface area contributed by atoms with Crippen molar-refractivity contribution in [2.24, 2.45) is 5.73 Å². The van der Waals surface area contributed by atoms with E-state index < -0.39 is 0 Å². The predicted molar refractivity (Wildman–Crippen MR) is 76.4 cm³/mol. The van der Waals surface area contributed by atoms with Gasteiger partial charge in [-0.15, -0.1) is 0 Å². The lowest BCUT2D eigenvalue weighted by molar-refractivity contribution is 0.0978. The van der Waals surface area contributed by atoms with Gasteiger partial charge in [-0.05, 0) is 19.4 Å². The zero-order chi connectivity index (χ0) is 13.8. The Morgan fingerprint density at radius 2 is 2.05 bits per heavy atom. The fourth-order valence-corrected chi connectivity index (χ4v) is 2.92. The van der Waals surface area contributed by atoms with Crippen molar-refractivity contribution in [1.29, 1.82) is 0 Å². The molecule has 0 aromatic heterocycles. The van der Waals surface area contributed by atoms with Crippen molar-refractivity contribution in [3.63, 3.8) is 0 Å². The van der Waals surface area contributed by atoms with E-state index in [2.05, 4.69) is 17.9 Å². The molecule has 0 saturated carbocycles. The van der Waals surface area contributed by atoms with Crippen LogP contribution < -0.4 is 10.5 Å². The summed E-state index contributed by atoms with van der Waals surface area (Å²) in [5.41, 5.74) is 7.38. The van der Waals surface area contributed by atoms with Crippen molar-refractivity contribution >= 4 is 0 Å². The van der Waals surface area contributed by atoms with E-state index in [1.54, 1.807) is 14.2 Å². The first-order valence-electron chi connectivity index (χ1n) is 6.82. The van der Waals surface area contributed by atoms with Crippen molar-refractivity contribution in [1.82, 2.24) is 4.90 Å². The molecule has 1 aromatic rings. The molecule has 3 unspecified atom stereocenters. The molecular weight excluding hydrogens is 240 g/mol. The van der Waals surface area contributed by atoms with Gasteiger partial charge in [-0.1, -0.05) is 18.2 Å². The van der Waals surface area contributed by atoms with Gasteiger partial charge in [0.25, 0.3) is 0 Å². The number of hydrogen-bond acceptors (Lipinski definition) is 4. The number of likely N-dealkylation sites (tertiary alicyclic amines) is 1. The third kappa shape index (κ3) is 3.08. The Bertz CT molecular complexity index is 409. The fourth-order valence-electron chi connectivity index (χ4n) is 2.92. The Kier molecular flexibility index (Phi) is 4.80. The van der Waals surface area contributed by atoms with Crippen molar-refractivity contribution < 1.29 is 9.47 Å². The number of para-hydroxylation sites is 1. The highest BCUT2D eigenvalue weighted by Crippen LogP contribution is 2.33. The van der Waals surface area contributed by atoms with Gasteiger partial charge in [-0.2, -0.15) is 0 Å². The molecule has 2 rings (SSSR count). The number of methoxy groups -OCH3 is 2. The van der Waals surface area contributed by atoms with Crippen molar-refractivity contribution in [2.45, 2.75) is 31.5 Å². The van der Waals surface area contributed by atoms with E-state index in [1.807, 2.05) is 18.2 Å². The quantitative estimate of drug-likeness (QED) is 0.881. The Hall–Kier alpha value is -1.10. The van der Waals surface area contributed by atoms with E-state index in [0.717, 1.165) is 30.8 Å². The number of ether oxygens (including phenoxy) is 2. The first-order chi connectivity index (χ1) is 9.17. The monoisotopic (exact) mass is 264 g/mol. The third-order valence-electron chi connectivity index (χ3n) is 3.86. The molecule has 0 amide bonds. The van der Waals surface area contributed by atoms with Crippen LogP contribution in [0.1, 0.15) is 24.9 Å². The maximum Gasteiger partial charge on any atom is 0.123 e. The molecule has 0 aliphatic carbocycles. The fraction of sp³-hybridized carbons (Fsp3) is 0.600. The molecule has 4 nitrogen and oxygen atoms in total. The van der Waals surface area contributed by atoms with Crippen molar-refractivity contribution in [3.05, 3.63) is 29.8 Å². The van der Waals surface area contributed by atoms with Crippen LogP contribution in [0, 0.1) is 0 Å². The maximum atomic E-state index is 6.22. The van der Waals surface area contributed by atoms with Crippen LogP contribution in [0.3, 0.4) is 0 Å². The molecule has 0 bridgehead atoms. The zero-order valence-corrected chi connectivity index (χ0v) is 12.0. The standard InChI is InChI=1S/C15H24N2O2/c1-11(16)15(17-9-8-12(10-17)18-2)13-6-4-5-7-14(13)19-3/h4-7,11-12,15H,8-10,16H2,1-3H3. The van der Waals surface area contributed by atoms with Crippen molar-refractivity contribution in [2.75, 3.05) is 27.3 Å². The summed E-state index contributed by atoms with van der Waals surface area (Å²) in [6, 6.07) is 8.35. The highest BCUT2D eigenvalue weighted by molar-refractivity contribution is 5.36. The lowest BCUT2D eigenvalue weighted by Crippen LogP contribution is -2.39. The average molecular weight is 264 g/mol. The summed E-state index contributed by atoms with van der Waals surface area (Å²) in [5.74, 6) is 0.908.